The molecule has 7 heteroatoms. The summed E-state index contributed by atoms with van der Waals surface area (Å²) in [4.78, 5) is 0. The number of fused-ring (bicyclic) bond motifs is 1. The zero-order chi connectivity index (χ0) is 15.5. The minimum atomic E-state index is -2.94. The third-order valence-electron chi connectivity index (χ3n) is 3.47. The van der Waals surface area contributed by atoms with Crippen LogP contribution >= 0.6 is 0 Å². The average Bonchev–Trinajstić information content (AvgIpc) is 2.89. The molecule has 2 aromatic rings. The van der Waals surface area contributed by atoms with E-state index in [0.717, 1.165) is 10.9 Å². The van der Waals surface area contributed by atoms with Gasteiger partial charge in [-0.2, -0.15) is 0 Å². The van der Waals surface area contributed by atoms with E-state index in [-0.39, 0.29) is 17.3 Å². The van der Waals surface area contributed by atoms with Crippen molar-refractivity contribution in [2.45, 2.75) is 19.9 Å². The summed E-state index contributed by atoms with van der Waals surface area (Å²) in [5, 5.41) is 12.7. The van der Waals surface area contributed by atoms with Gasteiger partial charge in [0.2, 0.25) is 0 Å². The molecule has 6 nitrogen and oxygen atoms in total. The van der Waals surface area contributed by atoms with Gasteiger partial charge in [0, 0.05) is 29.6 Å². The van der Waals surface area contributed by atoms with Gasteiger partial charge >= 0.3 is 0 Å². The Morgan fingerprint density at radius 2 is 2.14 bits per heavy atom. The van der Waals surface area contributed by atoms with Crippen molar-refractivity contribution in [1.82, 2.24) is 4.57 Å². The average molecular weight is 309 g/mol. The second kappa shape index (κ2) is 6.17. The molecular formula is C14H19N3O3S. The Morgan fingerprint density at radius 3 is 2.81 bits per heavy atom. The number of hydrogen-bond donors (Lipinski definition) is 2. The van der Waals surface area contributed by atoms with Gasteiger partial charge in [-0.3, -0.25) is 0 Å². The molecule has 0 atom stereocenters. The molecule has 0 aliphatic rings. The molecule has 0 fully saturated rings. The largest absolute Gasteiger partial charge is 0.409 e. The molecular weight excluding hydrogens is 290 g/mol. The fourth-order valence-electron chi connectivity index (χ4n) is 2.20. The van der Waals surface area contributed by atoms with E-state index in [9.17, 15) is 8.42 Å². The van der Waals surface area contributed by atoms with Crippen LogP contribution in [0.1, 0.15) is 18.9 Å². The van der Waals surface area contributed by atoms with E-state index in [1.165, 1.54) is 0 Å². The van der Waals surface area contributed by atoms with E-state index in [1.54, 1.807) is 13.0 Å². The topological polar surface area (TPSA) is 97.7 Å². The van der Waals surface area contributed by atoms with Crippen LogP contribution in [0.25, 0.3) is 10.9 Å². The van der Waals surface area contributed by atoms with Crippen LogP contribution in [0.4, 0.5) is 0 Å². The number of rotatable bonds is 6. The lowest BCUT2D eigenvalue weighted by Crippen LogP contribution is -2.13. The predicted molar refractivity (Wildman–Crippen MR) is 83.4 cm³/mol. The molecule has 2 rings (SSSR count). The van der Waals surface area contributed by atoms with Crippen molar-refractivity contribution in [3.05, 3.63) is 36.0 Å². The lowest BCUT2D eigenvalue weighted by Gasteiger charge is -2.07. The molecule has 21 heavy (non-hydrogen) atoms. The summed E-state index contributed by atoms with van der Waals surface area (Å²) < 4.78 is 25.0. The molecule has 0 aliphatic heterocycles. The molecule has 0 unspecified atom stereocenters. The summed E-state index contributed by atoms with van der Waals surface area (Å²) in [5.74, 6) is 0.411. The highest BCUT2D eigenvalue weighted by Crippen LogP contribution is 2.18. The first kappa shape index (κ1) is 15.4. The van der Waals surface area contributed by atoms with E-state index in [2.05, 4.69) is 5.16 Å². The molecule has 0 saturated heterocycles. The molecule has 114 valence electrons. The van der Waals surface area contributed by atoms with Gasteiger partial charge in [-0.15, -0.1) is 0 Å². The number of nitrogens with zero attached hydrogens (tertiary/aromatic N) is 2. The summed E-state index contributed by atoms with van der Waals surface area (Å²) in [5.41, 5.74) is 7.16. The third kappa shape index (κ3) is 3.55. The number of sulfone groups is 1. The van der Waals surface area contributed by atoms with Crippen LogP contribution in [0.2, 0.25) is 0 Å². The molecule has 3 N–H and O–H groups in total. The molecule has 0 radical (unpaired) electrons. The SMILES string of the molecule is CCS(=O)(=O)CCCn1ccc2ccc(/C(N)=N/O)cc21. The first-order valence-electron chi connectivity index (χ1n) is 6.74. The molecule has 1 heterocycles. The Morgan fingerprint density at radius 1 is 1.38 bits per heavy atom. The Kier molecular flexibility index (Phi) is 4.52. The van der Waals surface area contributed by atoms with Gasteiger partial charge < -0.3 is 15.5 Å². The fourth-order valence-corrected chi connectivity index (χ4v) is 3.05. The van der Waals surface area contributed by atoms with Crippen LogP contribution in [-0.2, 0) is 16.4 Å². The standard InChI is InChI=1S/C14H19N3O3S/c1-2-21(19,20)9-3-7-17-8-6-11-4-5-12(10-13(11)17)14(15)16-18/h4-6,8,10,18H,2-3,7,9H2,1H3,(H2,15,16). The van der Waals surface area contributed by atoms with E-state index in [0.29, 0.717) is 18.5 Å². The van der Waals surface area contributed by atoms with Crippen molar-refractivity contribution in [1.29, 1.82) is 0 Å². The van der Waals surface area contributed by atoms with Crippen LogP contribution in [0.3, 0.4) is 0 Å². The molecule has 1 aromatic heterocycles. The summed E-state index contributed by atoms with van der Waals surface area (Å²) in [7, 11) is -2.94. The van der Waals surface area contributed by atoms with Crippen molar-refractivity contribution < 1.29 is 13.6 Å². The lowest BCUT2D eigenvalue weighted by molar-refractivity contribution is 0.318. The van der Waals surface area contributed by atoms with Gasteiger partial charge in [-0.1, -0.05) is 24.2 Å². The number of aromatic nitrogens is 1. The zero-order valence-corrected chi connectivity index (χ0v) is 12.7. The normalized spacial score (nSPS) is 12.9. The number of benzene rings is 1. The number of hydrogen-bond acceptors (Lipinski definition) is 4. The van der Waals surface area contributed by atoms with Gasteiger partial charge in [0.25, 0.3) is 0 Å². The Hall–Kier alpha value is -2.02. The van der Waals surface area contributed by atoms with Crippen molar-refractivity contribution in [2.24, 2.45) is 10.9 Å². The van der Waals surface area contributed by atoms with E-state index < -0.39 is 9.84 Å². The van der Waals surface area contributed by atoms with Crippen molar-refractivity contribution in [2.75, 3.05) is 11.5 Å². The van der Waals surface area contributed by atoms with E-state index >= 15 is 0 Å². The number of aryl methyl sites for hydroxylation is 1. The minimum Gasteiger partial charge on any atom is -0.409 e. The first-order valence-corrected chi connectivity index (χ1v) is 8.56. The fraction of sp³-hybridized carbons (Fsp3) is 0.357. The summed E-state index contributed by atoms with van der Waals surface area (Å²) in [6, 6.07) is 7.46. The zero-order valence-electron chi connectivity index (χ0n) is 11.9. The van der Waals surface area contributed by atoms with Crippen LogP contribution in [0.5, 0.6) is 0 Å². The molecule has 0 aliphatic carbocycles. The van der Waals surface area contributed by atoms with Crippen LogP contribution < -0.4 is 5.73 Å². The predicted octanol–water partition coefficient (Wildman–Crippen LogP) is 1.56. The second-order valence-electron chi connectivity index (χ2n) is 4.86. The number of amidine groups is 1. The van der Waals surface area contributed by atoms with Crippen LogP contribution in [0, 0.1) is 0 Å². The first-order chi connectivity index (χ1) is 9.96. The highest BCUT2D eigenvalue weighted by molar-refractivity contribution is 7.91. The Bertz CT molecular complexity index is 763. The maximum absolute atomic E-state index is 11.5. The van der Waals surface area contributed by atoms with Gasteiger partial charge in [-0.25, -0.2) is 8.42 Å². The Labute approximate surface area is 123 Å². The monoisotopic (exact) mass is 309 g/mol. The van der Waals surface area contributed by atoms with Crippen LogP contribution in [0.15, 0.2) is 35.6 Å². The van der Waals surface area contributed by atoms with E-state index in [1.807, 2.05) is 29.0 Å². The summed E-state index contributed by atoms with van der Waals surface area (Å²) >= 11 is 0. The molecule has 1 aromatic carbocycles. The third-order valence-corrected chi connectivity index (χ3v) is 5.26. The van der Waals surface area contributed by atoms with Gasteiger partial charge in [0.15, 0.2) is 5.84 Å². The van der Waals surface area contributed by atoms with Crippen molar-refractivity contribution >= 4 is 26.6 Å². The maximum atomic E-state index is 11.5. The van der Waals surface area contributed by atoms with Crippen molar-refractivity contribution in [3.8, 4) is 0 Å². The smallest absolute Gasteiger partial charge is 0.170 e. The molecule has 0 bridgehead atoms. The summed E-state index contributed by atoms with van der Waals surface area (Å²) in [6.45, 7) is 2.27. The van der Waals surface area contributed by atoms with E-state index in [4.69, 9.17) is 10.9 Å². The highest BCUT2D eigenvalue weighted by Gasteiger charge is 2.09. The second-order valence-corrected chi connectivity index (χ2v) is 7.33. The highest BCUT2D eigenvalue weighted by atomic mass is 32.2. The number of nitrogens with two attached hydrogens (primary N) is 1. The van der Waals surface area contributed by atoms with Crippen molar-refractivity contribution in [3.63, 3.8) is 0 Å². The molecule has 0 spiro atoms. The minimum absolute atomic E-state index is 0.0539. The van der Waals surface area contributed by atoms with Gasteiger partial charge in [0.05, 0.1) is 5.75 Å². The Balaban J connectivity index is 2.20. The van der Waals surface area contributed by atoms with Gasteiger partial charge in [0.1, 0.15) is 9.84 Å². The quantitative estimate of drug-likeness (QED) is 0.366. The molecule has 0 saturated carbocycles. The van der Waals surface area contributed by atoms with Gasteiger partial charge in [-0.05, 0) is 23.9 Å². The summed E-state index contributed by atoms with van der Waals surface area (Å²) in [6.07, 6.45) is 2.48. The number of oxime groups is 1. The van der Waals surface area contributed by atoms with Crippen LogP contribution in [-0.4, -0.2) is 35.5 Å². The maximum Gasteiger partial charge on any atom is 0.170 e. The lowest BCUT2D eigenvalue weighted by atomic mass is 10.1. The molecule has 0 amide bonds.